The Morgan fingerprint density at radius 2 is 1.85 bits per heavy atom. The summed E-state index contributed by atoms with van der Waals surface area (Å²) in [5.74, 6) is -1.45. The van der Waals surface area contributed by atoms with Gasteiger partial charge in [0, 0.05) is 9.90 Å². The molecule has 0 saturated carbocycles. The molecule has 104 valence electrons. The van der Waals surface area contributed by atoms with Gasteiger partial charge in [-0.3, -0.25) is 9.59 Å². The number of hydrogen-bond acceptors (Lipinski definition) is 3. The lowest BCUT2D eigenvalue weighted by molar-refractivity contribution is -0.138. The predicted molar refractivity (Wildman–Crippen MR) is 79.3 cm³/mol. The number of rotatable bonds is 4. The monoisotopic (exact) mass is 309 g/mol. The molecule has 20 heavy (non-hydrogen) atoms. The van der Waals surface area contributed by atoms with Gasteiger partial charge in [0.2, 0.25) is 0 Å². The van der Waals surface area contributed by atoms with E-state index in [9.17, 15) is 9.59 Å². The molecule has 0 saturated heterocycles. The van der Waals surface area contributed by atoms with Crippen LogP contribution in [0.3, 0.4) is 0 Å². The maximum Gasteiger partial charge on any atom is 0.325 e. The third-order valence-electron chi connectivity index (χ3n) is 2.68. The fourth-order valence-corrected chi connectivity index (χ4v) is 2.60. The second-order valence-electron chi connectivity index (χ2n) is 4.20. The molecule has 1 aromatic heterocycles. The van der Waals surface area contributed by atoms with Crippen molar-refractivity contribution >= 4 is 34.8 Å². The third kappa shape index (κ3) is 3.37. The zero-order chi connectivity index (χ0) is 14.7. The summed E-state index contributed by atoms with van der Waals surface area (Å²) in [7, 11) is 0. The van der Waals surface area contributed by atoms with Crippen LogP contribution >= 0.6 is 22.9 Å². The molecule has 6 heteroatoms. The number of halogens is 1. The molecule has 1 aromatic carbocycles. The second kappa shape index (κ2) is 6.07. The predicted octanol–water partition coefficient (Wildman–Crippen LogP) is 3.27. The molecule has 0 bridgehead atoms. The normalized spacial score (nSPS) is 11.9. The quantitative estimate of drug-likeness (QED) is 0.911. The second-order valence-corrected chi connectivity index (χ2v) is 5.72. The number of hydrogen-bond donors (Lipinski definition) is 2. The minimum absolute atomic E-state index is 0.384. The Morgan fingerprint density at radius 3 is 2.45 bits per heavy atom. The number of carboxylic acid groups (broad SMARTS) is 1. The van der Waals surface area contributed by atoms with Crippen molar-refractivity contribution in [2.75, 3.05) is 0 Å². The lowest BCUT2D eigenvalue weighted by Crippen LogP contribution is -2.37. The van der Waals surface area contributed by atoms with Gasteiger partial charge in [0.05, 0.1) is 4.88 Å². The molecule has 0 spiro atoms. The van der Waals surface area contributed by atoms with Crippen molar-refractivity contribution in [3.8, 4) is 10.4 Å². The number of nitrogens with one attached hydrogen (secondary N) is 1. The first kappa shape index (κ1) is 14.6. The van der Waals surface area contributed by atoms with Gasteiger partial charge in [-0.1, -0.05) is 23.7 Å². The standard InChI is InChI=1S/C14H12ClNO3S/c1-8(14(18)19)16-13(17)12-7-6-11(20-12)9-2-4-10(15)5-3-9/h2-8H,1H3,(H,16,17)(H,18,19). The van der Waals surface area contributed by atoms with Crippen LogP contribution in [0.15, 0.2) is 36.4 Å². The van der Waals surface area contributed by atoms with E-state index in [1.54, 1.807) is 18.2 Å². The van der Waals surface area contributed by atoms with Gasteiger partial charge in [0.15, 0.2) is 0 Å². The van der Waals surface area contributed by atoms with Crippen molar-refractivity contribution in [1.29, 1.82) is 0 Å². The summed E-state index contributed by atoms with van der Waals surface area (Å²) in [5, 5.41) is 11.8. The van der Waals surface area contributed by atoms with Gasteiger partial charge >= 0.3 is 5.97 Å². The Hall–Kier alpha value is -1.85. The molecule has 0 aliphatic heterocycles. The highest BCUT2D eigenvalue weighted by Gasteiger charge is 2.16. The Labute approximate surface area is 125 Å². The van der Waals surface area contributed by atoms with Crippen molar-refractivity contribution in [3.63, 3.8) is 0 Å². The maximum atomic E-state index is 11.9. The molecule has 2 rings (SSSR count). The molecule has 2 aromatic rings. The number of benzene rings is 1. The van der Waals surface area contributed by atoms with Crippen LogP contribution in [-0.2, 0) is 4.79 Å². The van der Waals surface area contributed by atoms with E-state index in [2.05, 4.69) is 5.32 Å². The third-order valence-corrected chi connectivity index (χ3v) is 4.06. The average Bonchev–Trinajstić information content (AvgIpc) is 2.89. The van der Waals surface area contributed by atoms with Crippen LogP contribution in [-0.4, -0.2) is 23.0 Å². The Morgan fingerprint density at radius 1 is 1.20 bits per heavy atom. The van der Waals surface area contributed by atoms with Crippen LogP contribution in [0.1, 0.15) is 16.6 Å². The van der Waals surface area contributed by atoms with Crippen LogP contribution in [0.25, 0.3) is 10.4 Å². The van der Waals surface area contributed by atoms with Crippen molar-refractivity contribution < 1.29 is 14.7 Å². The fourth-order valence-electron chi connectivity index (χ4n) is 1.56. The topological polar surface area (TPSA) is 66.4 Å². The highest BCUT2D eigenvalue weighted by Crippen LogP contribution is 2.29. The number of amides is 1. The summed E-state index contributed by atoms with van der Waals surface area (Å²) >= 11 is 7.13. The number of carbonyl (C=O) groups is 2. The summed E-state index contributed by atoms with van der Waals surface area (Å²) in [6, 6.07) is 9.90. The Kier molecular flexibility index (Phi) is 4.42. The van der Waals surface area contributed by atoms with Gasteiger partial charge in [-0.05, 0) is 36.8 Å². The van der Waals surface area contributed by atoms with Gasteiger partial charge in [-0.15, -0.1) is 11.3 Å². The molecule has 1 heterocycles. The molecule has 1 unspecified atom stereocenters. The van der Waals surface area contributed by atoms with E-state index in [1.807, 2.05) is 18.2 Å². The van der Waals surface area contributed by atoms with E-state index >= 15 is 0 Å². The lowest BCUT2D eigenvalue weighted by atomic mass is 10.2. The highest BCUT2D eigenvalue weighted by atomic mass is 35.5. The van der Waals surface area contributed by atoms with Crippen LogP contribution in [0.2, 0.25) is 5.02 Å². The SMILES string of the molecule is CC(NC(=O)c1ccc(-c2ccc(Cl)cc2)s1)C(=O)O. The molecule has 2 N–H and O–H groups in total. The Bertz CT molecular complexity index is 636. The van der Waals surface area contributed by atoms with Crippen molar-refractivity contribution in [2.24, 2.45) is 0 Å². The van der Waals surface area contributed by atoms with E-state index in [4.69, 9.17) is 16.7 Å². The van der Waals surface area contributed by atoms with E-state index in [0.29, 0.717) is 9.90 Å². The molecule has 0 aliphatic rings. The highest BCUT2D eigenvalue weighted by molar-refractivity contribution is 7.17. The van der Waals surface area contributed by atoms with Crippen LogP contribution < -0.4 is 5.32 Å². The Balaban J connectivity index is 2.14. The number of aliphatic carboxylic acids is 1. The summed E-state index contributed by atoms with van der Waals surface area (Å²) < 4.78 is 0. The van der Waals surface area contributed by atoms with E-state index in [0.717, 1.165) is 10.4 Å². The molecule has 4 nitrogen and oxygen atoms in total. The summed E-state index contributed by atoms with van der Waals surface area (Å²) in [5.41, 5.74) is 0.963. The van der Waals surface area contributed by atoms with Gasteiger partial charge in [-0.2, -0.15) is 0 Å². The first-order valence-corrected chi connectivity index (χ1v) is 7.06. The van der Waals surface area contributed by atoms with Gasteiger partial charge < -0.3 is 10.4 Å². The molecule has 0 fully saturated rings. The lowest BCUT2D eigenvalue weighted by Gasteiger charge is -2.07. The zero-order valence-electron chi connectivity index (χ0n) is 10.6. The number of thiophene rings is 1. The molecule has 1 amide bonds. The number of carbonyl (C=O) groups excluding carboxylic acids is 1. The van der Waals surface area contributed by atoms with Gasteiger partial charge in [0.1, 0.15) is 6.04 Å². The van der Waals surface area contributed by atoms with Crippen LogP contribution in [0.4, 0.5) is 0 Å². The molecular formula is C14H12ClNO3S. The van der Waals surface area contributed by atoms with E-state index in [-0.39, 0.29) is 5.91 Å². The average molecular weight is 310 g/mol. The first-order chi connectivity index (χ1) is 9.47. The van der Waals surface area contributed by atoms with Crippen molar-refractivity contribution in [2.45, 2.75) is 13.0 Å². The fraction of sp³-hybridized carbons (Fsp3) is 0.143. The van der Waals surface area contributed by atoms with Crippen molar-refractivity contribution in [3.05, 3.63) is 46.3 Å². The molecule has 0 aliphatic carbocycles. The molecule has 0 radical (unpaired) electrons. The van der Waals surface area contributed by atoms with Gasteiger partial charge in [0.25, 0.3) is 5.91 Å². The smallest absolute Gasteiger partial charge is 0.325 e. The van der Waals surface area contributed by atoms with Crippen molar-refractivity contribution in [1.82, 2.24) is 5.32 Å². The largest absolute Gasteiger partial charge is 0.480 e. The minimum Gasteiger partial charge on any atom is -0.480 e. The molecule has 1 atom stereocenters. The van der Waals surface area contributed by atoms with Crippen LogP contribution in [0, 0.1) is 0 Å². The summed E-state index contributed by atoms with van der Waals surface area (Å²) in [6.45, 7) is 1.42. The first-order valence-electron chi connectivity index (χ1n) is 5.87. The minimum atomic E-state index is -1.06. The summed E-state index contributed by atoms with van der Waals surface area (Å²) in [4.78, 5) is 24.0. The molecular weight excluding hydrogens is 298 g/mol. The van der Waals surface area contributed by atoms with Gasteiger partial charge in [-0.25, -0.2) is 0 Å². The number of carboxylic acids is 1. The summed E-state index contributed by atoms with van der Waals surface area (Å²) in [6.07, 6.45) is 0. The van der Waals surface area contributed by atoms with Crippen LogP contribution in [0.5, 0.6) is 0 Å². The van der Waals surface area contributed by atoms with E-state index in [1.165, 1.54) is 18.3 Å². The maximum absolute atomic E-state index is 11.9. The zero-order valence-corrected chi connectivity index (χ0v) is 12.2. The van der Waals surface area contributed by atoms with E-state index < -0.39 is 12.0 Å².